The van der Waals surface area contributed by atoms with Gasteiger partial charge in [-0.25, -0.2) is 0 Å². The summed E-state index contributed by atoms with van der Waals surface area (Å²) in [4.78, 5) is 11.9. The van der Waals surface area contributed by atoms with E-state index < -0.39 is 0 Å². The summed E-state index contributed by atoms with van der Waals surface area (Å²) < 4.78 is 0. The Labute approximate surface area is 107 Å². The average Bonchev–Trinajstić information content (AvgIpc) is 2.38. The van der Waals surface area contributed by atoms with Crippen molar-refractivity contribution in [3.05, 3.63) is 35.4 Å². The summed E-state index contributed by atoms with van der Waals surface area (Å²) in [7, 11) is 0. The van der Waals surface area contributed by atoms with Gasteiger partial charge < -0.3 is 16.3 Å². The largest absolute Gasteiger partial charge is 0.409 e. The fourth-order valence-electron chi connectivity index (χ4n) is 1.60. The molecule has 1 atom stereocenters. The predicted molar refractivity (Wildman–Crippen MR) is 70.8 cm³/mol. The zero-order valence-corrected chi connectivity index (χ0v) is 10.7. The number of carbonyl (C=O) groups is 1. The second kappa shape index (κ2) is 6.64. The van der Waals surface area contributed by atoms with E-state index in [1.807, 2.05) is 12.1 Å². The summed E-state index contributed by atoms with van der Waals surface area (Å²) in [6.07, 6.45) is 1.26. The van der Waals surface area contributed by atoms with Crippen LogP contribution in [-0.2, 0) is 6.42 Å². The first-order valence-electron chi connectivity index (χ1n) is 5.93. The number of hydrogen-bond donors (Lipinski definition) is 3. The number of nitrogens with two attached hydrogens (primary N) is 1. The minimum atomic E-state index is -0.181. The third-order valence-corrected chi connectivity index (χ3v) is 2.65. The third-order valence-electron chi connectivity index (χ3n) is 2.65. The molecule has 0 aliphatic heterocycles. The number of aryl methyl sites for hydroxylation is 1. The lowest BCUT2D eigenvalue weighted by Crippen LogP contribution is -2.35. The second-order valence-corrected chi connectivity index (χ2v) is 4.22. The van der Waals surface area contributed by atoms with Crippen LogP contribution in [-0.4, -0.2) is 23.0 Å². The van der Waals surface area contributed by atoms with Crippen LogP contribution in [0.2, 0.25) is 0 Å². The van der Waals surface area contributed by atoms with Gasteiger partial charge in [-0.05, 0) is 31.0 Å². The van der Waals surface area contributed by atoms with E-state index in [1.165, 1.54) is 5.56 Å². The minimum absolute atomic E-state index is 0.101. The molecule has 0 bridgehead atoms. The Morgan fingerprint density at radius 3 is 2.56 bits per heavy atom. The Bertz CT molecular complexity index is 426. The Hall–Kier alpha value is -2.04. The molecule has 5 nitrogen and oxygen atoms in total. The molecule has 98 valence electrons. The van der Waals surface area contributed by atoms with Crippen molar-refractivity contribution in [3.8, 4) is 0 Å². The van der Waals surface area contributed by atoms with E-state index in [4.69, 9.17) is 10.9 Å². The van der Waals surface area contributed by atoms with Gasteiger partial charge in [0.25, 0.3) is 5.91 Å². The first-order chi connectivity index (χ1) is 8.56. The molecule has 5 heteroatoms. The van der Waals surface area contributed by atoms with E-state index in [-0.39, 0.29) is 17.8 Å². The second-order valence-electron chi connectivity index (χ2n) is 4.22. The van der Waals surface area contributed by atoms with Gasteiger partial charge in [0.05, 0.1) is 0 Å². The monoisotopic (exact) mass is 249 g/mol. The van der Waals surface area contributed by atoms with E-state index in [2.05, 4.69) is 17.4 Å². The van der Waals surface area contributed by atoms with Gasteiger partial charge in [0.15, 0.2) is 0 Å². The Balaban J connectivity index is 2.59. The van der Waals surface area contributed by atoms with Crippen molar-refractivity contribution in [1.82, 2.24) is 5.32 Å². The summed E-state index contributed by atoms with van der Waals surface area (Å²) in [5.41, 5.74) is 7.18. The summed E-state index contributed by atoms with van der Waals surface area (Å²) >= 11 is 0. The number of carbonyl (C=O) groups excluding carboxylic acids is 1. The fraction of sp³-hybridized carbons (Fsp3) is 0.385. The standard InChI is InChI=1S/C13H19N3O2/c1-3-10-4-6-11(7-5-10)13(17)15-9(2)8-12(14)16-18/h4-7,9,18H,3,8H2,1-2H3,(H2,14,16)(H,15,17). The zero-order chi connectivity index (χ0) is 13.5. The molecule has 1 amide bonds. The van der Waals surface area contributed by atoms with Crippen LogP contribution < -0.4 is 11.1 Å². The van der Waals surface area contributed by atoms with Gasteiger partial charge in [-0.1, -0.05) is 24.2 Å². The van der Waals surface area contributed by atoms with Gasteiger partial charge >= 0.3 is 0 Å². The highest BCUT2D eigenvalue weighted by molar-refractivity contribution is 5.94. The molecule has 1 aromatic rings. The summed E-state index contributed by atoms with van der Waals surface area (Å²) in [6.45, 7) is 3.87. The smallest absolute Gasteiger partial charge is 0.251 e. The number of amides is 1. The molecule has 1 rings (SSSR count). The molecule has 18 heavy (non-hydrogen) atoms. The topological polar surface area (TPSA) is 87.7 Å². The lowest BCUT2D eigenvalue weighted by Gasteiger charge is -2.13. The molecular weight excluding hydrogens is 230 g/mol. The van der Waals surface area contributed by atoms with Crippen molar-refractivity contribution in [1.29, 1.82) is 0 Å². The number of rotatable bonds is 5. The molecule has 0 aromatic heterocycles. The molecule has 4 N–H and O–H groups in total. The molecule has 0 saturated heterocycles. The highest BCUT2D eigenvalue weighted by Gasteiger charge is 2.10. The van der Waals surface area contributed by atoms with Gasteiger partial charge in [-0.2, -0.15) is 0 Å². The van der Waals surface area contributed by atoms with E-state index >= 15 is 0 Å². The Morgan fingerprint density at radius 2 is 2.06 bits per heavy atom. The minimum Gasteiger partial charge on any atom is -0.409 e. The van der Waals surface area contributed by atoms with E-state index in [9.17, 15) is 4.79 Å². The maximum Gasteiger partial charge on any atom is 0.251 e. The van der Waals surface area contributed by atoms with Crippen LogP contribution in [0.3, 0.4) is 0 Å². The normalized spacial score (nSPS) is 13.1. The maximum absolute atomic E-state index is 11.9. The molecule has 0 aliphatic carbocycles. The molecule has 0 aliphatic rings. The van der Waals surface area contributed by atoms with E-state index in [0.29, 0.717) is 12.0 Å². The van der Waals surface area contributed by atoms with Crippen LogP contribution in [0.1, 0.15) is 36.2 Å². The summed E-state index contributed by atoms with van der Waals surface area (Å²) in [6, 6.07) is 7.28. The molecule has 1 aromatic carbocycles. The quantitative estimate of drug-likeness (QED) is 0.320. The van der Waals surface area contributed by atoms with Gasteiger partial charge in [0, 0.05) is 18.0 Å². The van der Waals surface area contributed by atoms with Gasteiger partial charge in [0.1, 0.15) is 5.84 Å². The van der Waals surface area contributed by atoms with Crippen molar-refractivity contribution in [2.24, 2.45) is 10.9 Å². The van der Waals surface area contributed by atoms with Gasteiger partial charge in [-0.15, -0.1) is 0 Å². The molecular formula is C13H19N3O2. The third kappa shape index (κ3) is 4.08. The van der Waals surface area contributed by atoms with Crippen LogP contribution >= 0.6 is 0 Å². The average molecular weight is 249 g/mol. The number of benzene rings is 1. The predicted octanol–water partition coefficient (Wildman–Crippen LogP) is 1.50. The zero-order valence-electron chi connectivity index (χ0n) is 10.7. The highest BCUT2D eigenvalue weighted by atomic mass is 16.4. The van der Waals surface area contributed by atoms with Gasteiger partial charge in [-0.3, -0.25) is 4.79 Å². The molecule has 0 spiro atoms. The number of nitrogens with zero attached hydrogens (tertiary/aromatic N) is 1. The summed E-state index contributed by atoms with van der Waals surface area (Å²) in [5.74, 6) is -0.0555. The van der Waals surface area contributed by atoms with Crippen molar-refractivity contribution < 1.29 is 10.0 Å². The SMILES string of the molecule is CCc1ccc(C(=O)NC(C)CC(N)=NO)cc1. The number of oxime groups is 1. The van der Waals surface area contributed by atoms with Gasteiger partial charge in [0.2, 0.25) is 0 Å². The number of nitrogens with one attached hydrogen (secondary N) is 1. The Morgan fingerprint density at radius 1 is 1.44 bits per heavy atom. The highest BCUT2D eigenvalue weighted by Crippen LogP contribution is 2.05. The first-order valence-corrected chi connectivity index (χ1v) is 5.93. The van der Waals surface area contributed by atoms with Crippen LogP contribution in [0.5, 0.6) is 0 Å². The Kier molecular flexibility index (Phi) is 5.17. The fourth-order valence-corrected chi connectivity index (χ4v) is 1.60. The van der Waals surface area contributed by atoms with Crippen LogP contribution in [0.15, 0.2) is 29.4 Å². The lowest BCUT2D eigenvalue weighted by molar-refractivity contribution is 0.0941. The molecule has 0 radical (unpaired) electrons. The number of hydrogen-bond acceptors (Lipinski definition) is 3. The van der Waals surface area contributed by atoms with Crippen molar-refractivity contribution in [2.45, 2.75) is 32.7 Å². The first kappa shape index (κ1) is 14.0. The summed E-state index contributed by atoms with van der Waals surface area (Å²) in [5, 5.41) is 14.1. The van der Waals surface area contributed by atoms with E-state index in [1.54, 1.807) is 19.1 Å². The number of amidine groups is 1. The van der Waals surface area contributed by atoms with E-state index in [0.717, 1.165) is 6.42 Å². The molecule has 0 fully saturated rings. The molecule has 0 heterocycles. The van der Waals surface area contributed by atoms with Crippen LogP contribution in [0.4, 0.5) is 0 Å². The van der Waals surface area contributed by atoms with Crippen molar-refractivity contribution in [3.63, 3.8) is 0 Å². The van der Waals surface area contributed by atoms with Crippen LogP contribution in [0.25, 0.3) is 0 Å². The molecule has 1 unspecified atom stereocenters. The lowest BCUT2D eigenvalue weighted by atomic mass is 10.1. The van der Waals surface area contributed by atoms with Crippen molar-refractivity contribution in [2.75, 3.05) is 0 Å². The van der Waals surface area contributed by atoms with Crippen LogP contribution in [0, 0.1) is 0 Å². The molecule has 0 saturated carbocycles. The van der Waals surface area contributed by atoms with Crippen molar-refractivity contribution >= 4 is 11.7 Å². The maximum atomic E-state index is 11.9.